The SMILES string of the molecule is CCC(NCc1ccnc(OC)c1)c1ccc(Cl)cc1. The third-order valence-electron chi connectivity index (χ3n) is 3.24. The van der Waals surface area contributed by atoms with E-state index in [1.54, 1.807) is 13.3 Å². The molecule has 2 aromatic rings. The fraction of sp³-hybridized carbons (Fsp3) is 0.312. The normalized spacial score (nSPS) is 12.2. The van der Waals surface area contributed by atoms with Crippen LogP contribution in [0.2, 0.25) is 5.02 Å². The summed E-state index contributed by atoms with van der Waals surface area (Å²) >= 11 is 5.92. The van der Waals surface area contributed by atoms with E-state index in [-0.39, 0.29) is 0 Å². The van der Waals surface area contributed by atoms with Crippen molar-refractivity contribution in [1.29, 1.82) is 0 Å². The molecule has 3 nitrogen and oxygen atoms in total. The molecule has 0 bridgehead atoms. The number of benzene rings is 1. The molecule has 1 atom stereocenters. The van der Waals surface area contributed by atoms with Crippen LogP contribution in [0.4, 0.5) is 0 Å². The Bertz CT molecular complexity index is 542. The zero-order chi connectivity index (χ0) is 14.4. The first-order valence-corrected chi connectivity index (χ1v) is 7.08. The summed E-state index contributed by atoms with van der Waals surface area (Å²) in [4.78, 5) is 4.11. The van der Waals surface area contributed by atoms with Gasteiger partial charge in [0.25, 0.3) is 0 Å². The summed E-state index contributed by atoms with van der Waals surface area (Å²) in [5.74, 6) is 0.642. The summed E-state index contributed by atoms with van der Waals surface area (Å²) in [5, 5.41) is 4.31. The molecule has 2 rings (SSSR count). The van der Waals surface area contributed by atoms with Crippen LogP contribution >= 0.6 is 11.6 Å². The van der Waals surface area contributed by atoms with E-state index < -0.39 is 0 Å². The zero-order valence-electron chi connectivity index (χ0n) is 11.8. The maximum atomic E-state index is 5.92. The number of halogens is 1. The second kappa shape index (κ2) is 7.27. The number of nitrogens with one attached hydrogen (secondary N) is 1. The van der Waals surface area contributed by atoms with Crippen LogP contribution in [0.5, 0.6) is 5.88 Å². The van der Waals surface area contributed by atoms with E-state index in [2.05, 4.69) is 29.4 Å². The summed E-state index contributed by atoms with van der Waals surface area (Å²) in [6, 6.07) is 12.2. The van der Waals surface area contributed by atoms with Gasteiger partial charge in [-0.2, -0.15) is 0 Å². The van der Waals surface area contributed by atoms with Gasteiger partial charge in [0.15, 0.2) is 0 Å². The molecule has 0 aliphatic heterocycles. The molecule has 1 unspecified atom stereocenters. The molecule has 1 N–H and O–H groups in total. The summed E-state index contributed by atoms with van der Waals surface area (Å²) in [6.07, 6.45) is 2.78. The predicted molar refractivity (Wildman–Crippen MR) is 82.1 cm³/mol. The lowest BCUT2D eigenvalue weighted by molar-refractivity contribution is 0.396. The first-order valence-electron chi connectivity index (χ1n) is 6.70. The van der Waals surface area contributed by atoms with E-state index in [1.165, 1.54) is 5.56 Å². The van der Waals surface area contributed by atoms with Crippen molar-refractivity contribution in [3.05, 3.63) is 58.7 Å². The second-order valence-corrected chi connectivity index (χ2v) is 5.04. The fourth-order valence-corrected chi connectivity index (χ4v) is 2.23. The number of hydrogen-bond donors (Lipinski definition) is 1. The highest BCUT2D eigenvalue weighted by Crippen LogP contribution is 2.20. The first-order chi connectivity index (χ1) is 9.72. The molecular weight excluding hydrogens is 272 g/mol. The van der Waals surface area contributed by atoms with Crippen molar-refractivity contribution in [2.24, 2.45) is 0 Å². The molecule has 0 fully saturated rings. The molecule has 0 aliphatic carbocycles. The molecule has 1 heterocycles. The molecule has 20 heavy (non-hydrogen) atoms. The largest absolute Gasteiger partial charge is 0.481 e. The Balaban J connectivity index is 2.01. The van der Waals surface area contributed by atoms with E-state index in [1.807, 2.05) is 24.3 Å². The van der Waals surface area contributed by atoms with Crippen molar-refractivity contribution >= 4 is 11.6 Å². The number of aromatic nitrogens is 1. The quantitative estimate of drug-likeness (QED) is 0.873. The average molecular weight is 291 g/mol. The summed E-state index contributed by atoms with van der Waals surface area (Å²) < 4.78 is 5.13. The maximum Gasteiger partial charge on any atom is 0.213 e. The van der Waals surface area contributed by atoms with Gasteiger partial charge >= 0.3 is 0 Å². The number of rotatable bonds is 6. The molecule has 106 valence electrons. The minimum atomic E-state index is 0.312. The molecule has 0 saturated carbocycles. The van der Waals surface area contributed by atoms with Crippen molar-refractivity contribution in [2.45, 2.75) is 25.9 Å². The molecule has 1 aromatic carbocycles. The summed E-state index contributed by atoms with van der Waals surface area (Å²) in [6.45, 7) is 2.94. The molecular formula is C16H19ClN2O. The third kappa shape index (κ3) is 3.95. The van der Waals surface area contributed by atoms with Gasteiger partial charge in [0.1, 0.15) is 0 Å². The smallest absolute Gasteiger partial charge is 0.213 e. The maximum absolute atomic E-state index is 5.92. The lowest BCUT2D eigenvalue weighted by Gasteiger charge is -2.17. The zero-order valence-corrected chi connectivity index (χ0v) is 12.5. The van der Waals surface area contributed by atoms with Gasteiger partial charge in [-0.3, -0.25) is 0 Å². The lowest BCUT2D eigenvalue weighted by Crippen LogP contribution is -2.20. The van der Waals surface area contributed by atoms with Crippen LogP contribution in [-0.4, -0.2) is 12.1 Å². The highest BCUT2D eigenvalue weighted by atomic mass is 35.5. The van der Waals surface area contributed by atoms with Crippen LogP contribution in [0.15, 0.2) is 42.6 Å². The molecule has 0 spiro atoms. The topological polar surface area (TPSA) is 34.2 Å². The van der Waals surface area contributed by atoms with Gasteiger partial charge in [-0.15, -0.1) is 0 Å². The Morgan fingerprint density at radius 1 is 1.25 bits per heavy atom. The highest BCUT2D eigenvalue weighted by Gasteiger charge is 2.08. The summed E-state index contributed by atoms with van der Waals surface area (Å²) in [5.41, 5.74) is 2.40. The molecule has 0 amide bonds. The van der Waals surface area contributed by atoms with Gasteiger partial charge in [-0.25, -0.2) is 4.98 Å². The lowest BCUT2D eigenvalue weighted by atomic mass is 10.0. The third-order valence-corrected chi connectivity index (χ3v) is 3.49. The number of methoxy groups -OCH3 is 1. The minimum absolute atomic E-state index is 0.312. The van der Waals surface area contributed by atoms with Crippen LogP contribution < -0.4 is 10.1 Å². The van der Waals surface area contributed by atoms with E-state index in [4.69, 9.17) is 16.3 Å². The number of hydrogen-bond acceptors (Lipinski definition) is 3. The van der Waals surface area contributed by atoms with E-state index in [9.17, 15) is 0 Å². The van der Waals surface area contributed by atoms with Crippen LogP contribution in [0.25, 0.3) is 0 Å². The first kappa shape index (κ1) is 14.8. The van der Waals surface area contributed by atoms with Crippen LogP contribution in [0.1, 0.15) is 30.5 Å². The van der Waals surface area contributed by atoms with Crippen molar-refractivity contribution in [3.63, 3.8) is 0 Å². The molecule has 4 heteroatoms. The van der Waals surface area contributed by atoms with Gasteiger partial charge < -0.3 is 10.1 Å². The number of nitrogens with zero attached hydrogens (tertiary/aromatic N) is 1. The van der Waals surface area contributed by atoms with Gasteiger partial charge in [0, 0.05) is 29.9 Å². The Labute approximate surface area is 124 Å². The number of ether oxygens (including phenoxy) is 1. The second-order valence-electron chi connectivity index (χ2n) is 4.60. The van der Waals surface area contributed by atoms with Crippen LogP contribution in [0.3, 0.4) is 0 Å². The van der Waals surface area contributed by atoms with Crippen molar-refractivity contribution < 1.29 is 4.74 Å². The standard InChI is InChI=1S/C16H19ClN2O/c1-3-15(13-4-6-14(17)7-5-13)19-11-12-8-9-18-16(10-12)20-2/h4-10,15,19H,3,11H2,1-2H3. The molecule has 0 saturated heterocycles. The Morgan fingerprint density at radius 2 is 2.00 bits per heavy atom. The Kier molecular flexibility index (Phi) is 5.39. The van der Waals surface area contributed by atoms with Crippen molar-refractivity contribution in [3.8, 4) is 5.88 Å². The summed E-state index contributed by atoms with van der Waals surface area (Å²) in [7, 11) is 1.63. The monoisotopic (exact) mass is 290 g/mol. The van der Waals surface area contributed by atoms with E-state index in [0.717, 1.165) is 23.6 Å². The van der Waals surface area contributed by atoms with Gasteiger partial charge in [0.05, 0.1) is 7.11 Å². The van der Waals surface area contributed by atoms with Crippen molar-refractivity contribution in [2.75, 3.05) is 7.11 Å². The fourth-order valence-electron chi connectivity index (χ4n) is 2.11. The Morgan fingerprint density at radius 3 is 2.65 bits per heavy atom. The molecule has 1 aromatic heterocycles. The van der Waals surface area contributed by atoms with Crippen molar-refractivity contribution in [1.82, 2.24) is 10.3 Å². The molecule has 0 aliphatic rings. The van der Waals surface area contributed by atoms with Crippen LogP contribution in [-0.2, 0) is 6.54 Å². The average Bonchev–Trinajstić information content (AvgIpc) is 2.50. The van der Waals surface area contributed by atoms with Gasteiger partial charge in [-0.1, -0.05) is 30.7 Å². The van der Waals surface area contributed by atoms with Crippen LogP contribution in [0, 0.1) is 0 Å². The Hall–Kier alpha value is -1.58. The molecule has 0 radical (unpaired) electrons. The minimum Gasteiger partial charge on any atom is -0.481 e. The highest BCUT2D eigenvalue weighted by molar-refractivity contribution is 6.30. The van der Waals surface area contributed by atoms with E-state index >= 15 is 0 Å². The van der Waals surface area contributed by atoms with Gasteiger partial charge in [0.2, 0.25) is 5.88 Å². The predicted octanol–water partition coefficient (Wildman–Crippen LogP) is 3.98. The number of pyridine rings is 1. The van der Waals surface area contributed by atoms with Gasteiger partial charge in [-0.05, 0) is 35.7 Å². The van der Waals surface area contributed by atoms with E-state index in [0.29, 0.717) is 11.9 Å².